The average molecular weight is 353 g/mol. The standard InChI is InChI=1S/C17H15N5O4/c1-23-12-4-3-9(5-13(12)24-2)18-16-20-17-19-10-6-14-15(26-8-25-14)7-11(10)22(17)21-16/h3-7H,8H2,1-2H3,(H2,18,19,20,21). The summed E-state index contributed by atoms with van der Waals surface area (Å²) in [7, 11) is 3.20. The van der Waals surface area contributed by atoms with E-state index in [0.717, 1.165) is 16.7 Å². The van der Waals surface area contributed by atoms with Gasteiger partial charge in [0, 0.05) is 23.9 Å². The van der Waals surface area contributed by atoms with Crippen molar-refractivity contribution >= 4 is 28.4 Å². The summed E-state index contributed by atoms with van der Waals surface area (Å²) in [5.74, 6) is 3.79. The third kappa shape index (κ3) is 2.17. The molecule has 132 valence electrons. The number of nitrogens with one attached hydrogen (secondary N) is 2. The molecule has 0 radical (unpaired) electrons. The van der Waals surface area contributed by atoms with E-state index < -0.39 is 0 Å². The summed E-state index contributed by atoms with van der Waals surface area (Å²) in [5, 5.41) is 6.39. The van der Waals surface area contributed by atoms with Gasteiger partial charge in [-0.3, -0.25) is 5.10 Å². The lowest BCUT2D eigenvalue weighted by molar-refractivity contribution is 0.174. The lowest BCUT2D eigenvalue weighted by Crippen LogP contribution is -1.96. The maximum absolute atomic E-state index is 5.44. The molecule has 2 aromatic carbocycles. The molecule has 0 unspecified atom stereocenters. The largest absolute Gasteiger partial charge is 0.493 e. The van der Waals surface area contributed by atoms with Crippen molar-refractivity contribution in [2.45, 2.75) is 0 Å². The lowest BCUT2D eigenvalue weighted by atomic mass is 10.3. The zero-order valence-corrected chi connectivity index (χ0v) is 14.1. The predicted molar refractivity (Wildman–Crippen MR) is 93.8 cm³/mol. The van der Waals surface area contributed by atoms with Gasteiger partial charge in [0.05, 0.1) is 25.3 Å². The molecular weight excluding hydrogens is 338 g/mol. The molecule has 0 saturated carbocycles. The second-order valence-electron chi connectivity index (χ2n) is 5.71. The number of anilines is 2. The zero-order chi connectivity index (χ0) is 17.7. The van der Waals surface area contributed by atoms with Gasteiger partial charge in [0.1, 0.15) is 0 Å². The number of aromatic nitrogens is 4. The van der Waals surface area contributed by atoms with Crippen LogP contribution in [-0.4, -0.2) is 40.6 Å². The third-order valence-corrected chi connectivity index (χ3v) is 4.21. The third-order valence-electron chi connectivity index (χ3n) is 4.21. The molecule has 1 aliphatic heterocycles. The predicted octanol–water partition coefficient (Wildman–Crippen LogP) is 2.70. The van der Waals surface area contributed by atoms with Crippen molar-refractivity contribution in [3.8, 4) is 23.0 Å². The number of imidazole rings is 1. The van der Waals surface area contributed by atoms with E-state index in [9.17, 15) is 0 Å². The Kier molecular flexibility index (Phi) is 3.08. The number of benzene rings is 2. The summed E-state index contributed by atoms with van der Waals surface area (Å²) >= 11 is 0. The Bertz CT molecular complexity index is 1130. The van der Waals surface area contributed by atoms with Crippen LogP contribution >= 0.6 is 0 Å². The lowest BCUT2D eigenvalue weighted by Gasteiger charge is -2.09. The molecule has 4 aromatic rings. The topological polar surface area (TPSA) is 94.9 Å². The first-order chi connectivity index (χ1) is 12.7. The Morgan fingerprint density at radius 2 is 1.85 bits per heavy atom. The van der Waals surface area contributed by atoms with Gasteiger partial charge < -0.3 is 24.3 Å². The number of hydrogen-bond donors (Lipinski definition) is 2. The average Bonchev–Trinajstić information content (AvgIpc) is 3.33. The van der Waals surface area contributed by atoms with Crippen molar-refractivity contribution in [1.29, 1.82) is 0 Å². The number of rotatable bonds is 4. The highest BCUT2D eigenvalue weighted by Gasteiger charge is 2.18. The van der Waals surface area contributed by atoms with E-state index >= 15 is 0 Å². The Balaban J connectivity index is 1.52. The molecule has 2 aromatic heterocycles. The van der Waals surface area contributed by atoms with Crippen LogP contribution in [0.4, 0.5) is 11.6 Å². The van der Waals surface area contributed by atoms with Crippen molar-refractivity contribution in [3.63, 3.8) is 0 Å². The number of H-pyrrole nitrogens is 1. The summed E-state index contributed by atoms with van der Waals surface area (Å²) in [6.07, 6.45) is 0. The maximum atomic E-state index is 5.44. The van der Waals surface area contributed by atoms with Crippen molar-refractivity contribution in [1.82, 2.24) is 19.6 Å². The van der Waals surface area contributed by atoms with E-state index in [1.165, 1.54) is 0 Å². The van der Waals surface area contributed by atoms with Crippen LogP contribution in [0.25, 0.3) is 16.8 Å². The molecule has 0 bridgehead atoms. The quantitative estimate of drug-likeness (QED) is 0.582. The molecule has 9 nitrogen and oxygen atoms in total. The molecule has 0 fully saturated rings. The molecule has 0 aliphatic carbocycles. The van der Waals surface area contributed by atoms with Gasteiger partial charge in [0.15, 0.2) is 23.0 Å². The van der Waals surface area contributed by atoms with Gasteiger partial charge >= 0.3 is 0 Å². The van der Waals surface area contributed by atoms with Gasteiger partial charge in [-0.05, 0) is 12.1 Å². The van der Waals surface area contributed by atoms with Crippen LogP contribution in [0.2, 0.25) is 0 Å². The molecule has 26 heavy (non-hydrogen) atoms. The fraction of sp³-hybridized carbons (Fsp3) is 0.176. The van der Waals surface area contributed by atoms with Crippen LogP contribution in [0.15, 0.2) is 30.3 Å². The van der Waals surface area contributed by atoms with E-state index in [1.54, 1.807) is 18.7 Å². The molecular formula is C17H15N5O4. The fourth-order valence-electron chi connectivity index (χ4n) is 2.98. The highest BCUT2D eigenvalue weighted by Crippen LogP contribution is 2.36. The Morgan fingerprint density at radius 3 is 2.65 bits per heavy atom. The first-order valence-electron chi connectivity index (χ1n) is 7.92. The Hall–Kier alpha value is -3.62. The smallest absolute Gasteiger partial charge is 0.253 e. The highest BCUT2D eigenvalue weighted by molar-refractivity contribution is 5.83. The SMILES string of the molecule is COc1ccc(Nc2nc3nc4cc5c(cc4n3[nH]2)OCO5)cc1OC. The molecule has 0 amide bonds. The van der Waals surface area contributed by atoms with E-state index in [0.29, 0.717) is 34.7 Å². The second kappa shape index (κ2) is 5.45. The number of methoxy groups -OCH3 is 2. The number of nitrogens with zero attached hydrogens (tertiary/aromatic N) is 3. The van der Waals surface area contributed by atoms with Crippen LogP contribution in [-0.2, 0) is 0 Å². The summed E-state index contributed by atoms with van der Waals surface area (Å²) in [4.78, 5) is 8.99. The molecule has 9 heteroatoms. The summed E-state index contributed by atoms with van der Waals surface area (Å²) < 4.78 is 23.2. The normalized spacial score (nSPS) is 12.7. The minimum Gasteiger partial charge on any atom is -0.493 e. The van der Waals surface area contributed by atoms with E-state index in [1.807, 2.05) is 30.3 Å². The van der Waals surface area contributed by atoms with Gasteiger partial charge in [-0.2, -0.15) is 4.98 Å². The highest BCUT2D eigenvalue weighted by atomic mass is 16.7. The van der Waals surface area contributed by atoms with Crippen LogP contribution in [0, 0.1) is 0 Å². The fourth-order valence-corrected chi connectivity index (χ4v) is 2.98. The zero-order valence-electron chi connectivity index (χ0n) is 14.1. The molecule has 0 atom stereocenters. The molecule has 5 rings (SSSR count). The van der Waals surface area contributed by atoms with Crippen LogP contribution in [0.5, 0.6) is 23.0 Å². The summed E-state index contributed by atoms with van der Waals surface area (Å²) in [6.45, 7) is 0.227. The number of fused-ring (bicyclic) bond motifs is 4. The second-order valence-corrected chi connectivity index (χ2v) is 5.71. The van der Waals surface area contributed by atoms with Gasteiger partial charge in [-0.25, -0.2) is 9.50 Å². The van der Waals surface area contributed by atoms with Crippen LogP contribution in [0.3, 0.4) is 0 Å². The van der Waals surface area contributed by atoms with Crippen molar-refractivity contribution in [2.75, 3.05) is 26.3 Å². The first kappa shape index (κ1) is 14.7. The Labute approximate surface area is 147 Å². The molecule has 3 heterocycles. The summed E-state index contributed by atoms with van der Waals surface area (Å²) in [5.41, 5.74) is 2.45. The molecule has 0 saturated heterocycles. The van der Waals surface area contributed by atoms with Crippen LogP contribution in [0.1, 0.15) is 0 Å². The van der Waals surface area contributed by atoms with Gasteiger partial charge in [0.25, 0.3) is 5.78 Å². The van der Waals surface area contributed by atoms with E-state index in [2.05, 4.69) is 20.4 Å². The van der Waals surface area contributed by atoms with Gasteiger partial charge in [-0.15, -0.1) is 0 Å². The summed E-state index contributed by atoms with van der Waals surface area (Å²) in [6, 6.07) is 9.27. The van der Waals surface area contributed by atoms with Crippen LogP contribution < -0.4 is 24.3 Å². The van der Waals surface area contributed by atoms with E-state index in [-0.39, 0.29) is 6.79 Å². The first-order valence-corrected chi connectivity index (χ1v) is 7.92. The van der Waals surface area contributed by atoms with Crippen molar-refractivity contribution in [3.05, 3.63) is 30.3 Å². The van der Waals surface area contributed by atoms with Gasteiger partial charge in [0.2, 0.25) is 12.7 Å². The number of aromatic amines is 1. The van der Waals surface area contributed by atoms with Crippen molar-refractivity contribution in [2.24, 2.45) is 0 Å². The number of hydrogen-bond acceptors (Lipinski definition) is 7. The Morgan fingerprint density at radius 1 is 1.04 bits per heavy atom. The van der Waals surface area contributed by atoms with E-state index in [4.69, 9.17) is 18.9 Å². The molecule has 2 N–H and O–H groups in total. The minimum absolute atomic E-state index is 0.227. The van der Waals surface area contributed by atoms with Crippen molar-refractivity contribution < 1.29 is 18.9 Å². The molecule has 1 aliphatic rings. The number of ether oxygens (including phenoxy) is 4. The van der Waals surface area contributed by atoms with Gasteiger partial charge in [-0.1, -0.05) is 0 Å². The monoisotopic (exact) mass is 353 g/mol. The maximum Gasteiger partial charge on any atom is 0.253 e. The molecule has 0 spiro atoms. The minimum atomic E-state index is 0.227.